The number of benzene rings is 5. The maximum Gasteiger partial charge on any atom is 0.155 e. The van der Waals surface area contributed by atoms with Crippen LogP contribution in [0, 0.1) is 23.7 Å². The zero-order chi connectivity index (χ0) is 36.1. The van der Waals surface area contributed by atoms with Crippen molar-refractivity contribution in [2.75, 3.05) is 4.90 Å². The van der Waals surface area contributed by atoms with E-state index >= 15 is 0 Å². The largest absolute Gasteiger partial charge is 0.455 e. The first kappa shape index (κ1) is 32.2. The molecule has 0 radical (unpaired) electrons. The molecule has 2 nitrogen and oxygen atoms in total. The summed E-state index contributed by atoms with van der Waals surface area (Å²) >= 11 is 0. The lowest BCUT2D eigenvalue weighted by Crippen LogP contribution is -2.57. The highest BCUT2D eigenvalue weighted by molar-refractivity contribution is 5.89. The van der Waals surface area contributed by atoms with E-state index in [4.69, 9.17) is 4.74 Å². The zero-order valence-electron chi connectivity index (χ0n) is 32.4. The number of nitrogens with zero attached hydrogens (tertiary/aromatic N) is 1. The molecule has 4 bridgehead atoms. The van der Waals surface area contributed by atoms with Gasteiger partial charge in [-0.3, -0.25) is 0 Å². The van der Waals surface area contributed by atoms with Crippen LogP contribution in [0.15, 0.2) is 103 Å². The maximum absolute atomic E-state index is 7.34. The van der Waals surface area contributed by atoms with Gasteiger partial charge >= 0.3 is 0 Å². The molecule has 2 heteroatoms. The minimum Gasteiger partial charge on any atom is -0.455 e. The quantitative estimate of drug-likeness (QED) is 0.186. The van der Waals surface area contributed by atoms with Crippen molar-refractivity contribution in [2.24, 2.45) is 23.7 Å². The Hall–Kier alpha value is -4.30. The van der Waals surface area contributed by atoms with E-state index in [1.165, 1.54) is 100 Å². The van der Waals surface area contributed by atoms with Crippen molar-refractivity contribution < 1.29 is 4.74 Å². The van der Waals surface area contributed by atoms with E-state index in [1.54, 1.807) is 0 Å². The molecule has 268 valence electrons. The van der Waals surface area contributed by atoms with Gasteiger partial charge in [-0.2, -0.15) is 0 Å². The number of ether oxygens (including phenoxy) is 1. The summed E-state index contributed by atoms with van der Waals surface area (Å²) in [5.74, 6) is 5.25. The van der Waals surface area contributed by atoms with Gasteiger partial charge in [-0.05, 0) is 143 Å². The highest BCUT2D eigenvalue weighted by Crippen LogP contribution is 2.70. The van der Waals surface area contributed by atoms with Crippen molar-refractivity contribution in [2.45, 2.75) is 108 Å². The van der Waals surface area contributed by atoms with Gasteiger partial charge in [-0.1, -0.05) is 114 Å². The minimum absolute atomic E-state index is 0.00176. The van der Waals surface area contributed by atoms with Crippen LogP contribution in [0.4, 0.5) is 17.1 Å². The van der Waals surface area contributed by atoms with Crippen molar-refractivity contribution in [1.82, 2.24) is 0 Å². The van der Waals surface area contributed by atoms with Crippen molar-refractivity contribution in [3.8, 4) is 22.6 Å². The fraction of sp³-hybridized carbons (Fsp3) is 0.412. The van der Waals surface area contributed by atoms with E-state index in [0.717, 1.165) is 29.8 Å². The molecule has 0 aromatic heterocycles. The second kappa shape index (κ2) is 10.7. The first-order valence-electron chi connectivity index (χ1n) is 20.6. The Balaban J connectivity index is 1.19. The van der Waals surface area contributed by atoms with Gasteiger partial charge in [0.15, 0.2) is 5.75 Å². The molecule has 4 fully saturated rings. The summed E-state index contributed by atoms with van der Waals surface area (Å²) in [6.45, 7) is 14.7. The number of anilines is 3. The second-order valence-electron chi connectivity index (χ2n) is 19.6. The number of hydrogen-bond acceptors (Lipinski definition) is 2. The van der Waals surface area contributed by atoms with Gasteiger partial charge in [0.2, 0.25) is 0 Å². The molecule has 0 amide bonds. The van der Waals surface area contributed by atoms with Crippen LogP contribution in [0.5, 0.6) is 11.5 Å². The van der Waals surface area contributed by atoms with Crippen LogP contribution < -0.4 is 9.64 Å². The van der Waals surface area contributed by atoms with Gasteiger partial charge in [-0.15, -0.1) is 0 Å². The van der Waals surface area contributed by atoms with Crippen LogP contribution in [0.25, 0.3) is 11.1 Å². The number of rotatable bonds is 3. The molecule has 5 aromatic carbocycles. The van der Waals surface area contributed by atoms with Crippen molar-refractivity contribution >= 4 is 17.1 Å². The van der Waals surface area contributed by atoms with Crippen LogP contribution in [-0.4, -0.2) is 0 Å². The predicted octanol–water partition coefficient (Wildman–Crippen LogP) is 13.7. The Morgan fingerprint density at radius 3 is 1.89 bits per heavy atom. The molecule has 1 spiro atoms. The molecule has 0 N–H and O–H groups in total. The molecular formula is C51H53NO. The van der Waals surface area contributed by atoms with Crippen molar-refractivity contribution in [1.29, 1.82) is 0 Å². The highest BCUT2D eigenvalue weighted by Gasteiger charge is 2.61. The van der Waals surface area contributed by atoms with Gasteiger partial charge in [0.25, 0.3) is 0 Å². The summed E-state index contributed by atoms with van der Waals surface area (Å²) in [6, 6.07) is 39.8. The molecule has 12 rings (SSSR count). The molecule has 0 atom stereocenters. The standard InChI is InChI=1S/C51H53NO/c1-48(2)23-24-49(3,4)46-40(48)16-11-18-43(46)52(35-21-22-37-36-13-7-8-14-38(36)50(5,6)42(37)30-35)44-19-12-17-41-47(44)53-45-20-10-9-15-39(45)51(41)33-26-31-25-32(28-33)29-34(51)27-31/h7-22,30-34H,23-29H2,1-6H3. The molecule has 1 aliphatic heterocycles. The number of para-hydroxylation sites is 2. The highest BCUT2D eigenvalue weighted by atomic mass is 16.5. The van der Waals surface area contributed by atoms with Gasteiger partial charge in [0, 0.05) is 27.6 Å². The van der Waals surface area contributed by atoms with Crippen LogP contribution >= 0.6 is 0 Å². The third-order valence-electron chi connectivity index (χ3n) is 15.5. The average Bonchev–Trinajstić information content (AvgIpc) is 3.37. The molecule has 5 aromatic rings. The second-order valence-corrected chi connectivity index (χ2v) is 19.6. The first-order valence-corrected chi connectivity index (χ1v) is 20.6. The smallest absolute Gasteiger partial charge is 0.155 e. The number of fused-ring (bicyclic) bond motifs is 6. The Labute approximate surface area is 316 Å². The van der Waals surface area contributed by atoms with E-state index in [0.29, 0.717) is 11.8 Å². The van der Waals surface area contributed by atoms with E-state index in [-0.39, 0.29) is 21.7 Å². The zero-order valence-corrected chi connectivity index (χ0v) is 32.4. The lowest BCUT2D eigenvalue weighted by atomic mass is 9.42. The Morgan fingerprint density at radius 1 is 0.528 bits per heavy atom. The third-order valence-corrected chi connectivity index (χ3v) is 15.5. The third kappa shape index (κ3) is 4.22. The van der Waals surface area contributed by atoms with E-state index in [9.17, 15) is 0 Å². The SMILES string of the molecule is CC1(C)CCC(C)(C)c2c(N(c3ccc4c(c3)C(C)(C)c3ccccc3-4)c3cccc4c3Oc3ccccc3C43C4CC5CC(C4)CC3C5)cccc21. The fourth-order valence-electron chi connectivity index (χ4n) is 13.2. The topological polar surface area (TPSA) is 12.5 Å². The first-order chi connectivity index (χ1) is 25.5. The molecule has 1 heterocycles. The Kier molecular flexibility index (Phi) is 6.48. The van der Waals surface area contributed by atoms with Gasteiger partial charge < -0.3 is 9.64 Å². The summed E-state index contributed by atoms with van der Waals surface area (Å²) in [5.41, 5.74) is 15.1. The van der Waals surface area contributed by atoms with Crippen LogP contribution in [0.3, 0.4) is 0 Å². The van der Waals surface area contributed by atoms with Crippen LogP contribution in [-0.2, 0) is 21.7 Å². The predicted molar refractivity (Wildman–Crippen MR) is 218 cm³/mol. The average molecular weight is 696 g/mol. The monoisotopic (exact) mass is 695 g/mol. The maximum atomic E-state index is 7.34. The van der Waals surface area contributed by atoms with Gasteiger partial charge in [0.1, 0.15) is 5.75 Å². The van der Waals surface area contributed by atoms with E-state index < -0.39 is 0 Å². The van der Waals surface area contributed by atoms with Crippen LogP contribution in [0.1, 0.15) is 120 Å². The molecular weight excluding hydrogens is 643 g/mol. The summed E-state index contributed by atoms with van der Waals surface area (Å²) in [6.07, 6.45) is 9.21. The fourth-order valence-corrected chi connectivity index (χ4v) is 13.2. The van der Waals surface area contributed by atoms with Gasteiger partial charge in [0.05, 0.1) is 11.4 Å². The molecule has 7 aliphatic rings. The minimum atomic E-state index is -0.0962. The molecule has 0 unspecified atom stereocenters. The number of hydrogen-bond donors (Lipinski definition) is 0. The van der Waals surface area contributed by atoms with Crippen molar-refractivity contribution in [3.05, 3.63) is 137 Å². The lowest BCUT2D eigenvalue weighted by Gasteiger charge is -2.63. The van der Waals surface area contributed by atoms with Crippen LogP contribution in [0.2, 0.25) is 0 Å². The van der Waals surface area contributed by atoms with E-state index in [2.05, 4.69) is 150 Å². The molecule has 0 saturated heterocycles. The summed E-state index contributed by atoms with van der Waals surface area (Å²) in [7, 11) is 0. The van der Waals surface area contributed by atoms with Gasteiger partial charge in [-0.25, -0.2) is 0 Å². The Bertz CT molecular complexity index is 2310. The lowest BCUT2D eigenvalue weighted by molar-refractivity contribution is -0.0451. The van der Waals surface area contributed by atoms with E-state index in [1.807, 2.05) is 0 Å². The summed E-state index contributed by atoms with van der Waals surface area (Å²) in [4.78, 5) is 2.62. The Morgan fingerprint density at radius 2 is 1.13 bits per heavy atom. The molecule has 4 saturated carbocycles. The summed E-state index contributed by atoms with van der Waals surface area (Å²) < 4.78 is 7.34. The summed E-state index contributed by atoms with van der Waals surface area (Å²) in [5, 5.41) is 0. The molecule has 6 aliphatic carbocycles. The molecule has 53 heavy (non-hydrogen) atoms. The normalized spacial score (nSPS) is 28.3. The van der Waals surface area contributed by atoms with Crippen molar-refractivity contribution in [3.63, 3.8) is 0 Å².